The highest BCUT2D eigenvalue weighted by Gasteiger charge is 2.17. The summed E-state index contributed by atoms with van der Waals surface area (Å²) in [6.45, 7) is 0. The van der Waals surface area contributed by atoms with E-state index in [2.05, 4.69) is 4.98 Å². The van der Waals surface area contributed by atoms with E-state index in [9.17, 15) is 4.21 Å². The average Bonchev–Trinajstić information content (AvgIpc) is 2.82. The van der Waals surface area contributed by atoms with Crippen LogP contribution >= 0.6 is 23.2 Å². The van der Waals surface area contributed by atoms with Crippen molar-refractivity contribution >= 4 is 50.8 Å². The SMILES string of the molecule is Nc1cccc2oc(CS(=O)c3c(Cl)cccc3Cl)nc12. The Morgan fingerprint density at radius 2 is 1.81 bits per heavy atom. The van der Waals surface area contributed by atoms with Gasteiger partial charge in [-0.3, -0.25) is 4.21 Å². The van der Waals surface area contributed by atoms with Gasteiger partial charge in [-0.1, -0.05) is 35.3 Å². The average molecular weight is 341 g/mol. The van der Waals surface area contributed by atoms with Crippen LogP contribution in [0.25, 0.3) is 11.1 Å². The van der Waals surface area contributed by atoms with Gasteiger partial charge in [-0.25, -0.2) is 4.98 Å². The van der Waals surface area contributed by atoms with E-state index in [4.69, 9.17) is 33.4 Å². The summed E-state index contributed by atoms with van der Waals surface area (Å²) < 4.78 is 18.0. The number of nitrogen functional groups attached to an aromatic ring is 1. The van der Waals surface area contributed by atoms with E-state index >= 15 is 0 Å². The fraction of sp³-hybridized carbons (Fsp3) is 0.0714. The molecular formula is C14H10Cl2N2O2S. The van der Waals surface area contributed by atoms with Gasteiger partial charge in [0.1, 0.15) is 11.3 Å². The van der Waals surface area contributed by atoms with Gasteiger partial charge < -0.3 is 10.2 Å². The second kappa shape index (κ2) is 5.67. The number of anilines is 1. The van der Waals surface area contributed by atoms with Gasteiger partial charge >= 0.3 is 0 Å². The van der Waals surface area contributed by atoms with Gasteiger partial charge in [0.25, 0.3) is 0 Å². The fourth-order valence-electron chi connectivity index (χ4n) is 1.96. The molecule has 0 bridgehead atoms. The molecule has 2 aromatic carbocycles. The molecule has 1 unspecified atom stereocenters. The van der Waals surface area contributed by atoms with Crippen molar-refractivity contribution in [3.63, 3.8) is 0 Å². The molecule has 7 heteroatoms. The minimum absolute atomic E-state index is 0.0809. The van der Waals surface area contributed by atoms with Crippen LogP contribution in [0.4, 0.5) is 5.69 Å². The first-order chi connectivity index (χ1) is 10.1. The number of fused-ring (bicyclic) bond motifs is 1. The normalized spacial score (nSPS) is 12.7. The Bertz CT molecular complexity index is 828. The van der Waals surface area contributed by atoms with E-state index in [1.807, 2.05) is 0 Å². The number of nitrogens with zero attached hydrogens (tertiary/aromatic N) is 1. The molecule has 0 fully saturated rings. The molecule has 1 heterocycles. The van der Waals surface area contributed by atoms with Gasteiger partial charge in [-0.05, 0) is 24.3 Å². The Kier molecular flexibility index (Phi) is 3.89. The lowest BCUT2D eigenvalue weighted by Crippen LogP contribution is -1.98. The number of aromatic nitrogens is 1. The van der Waals surface area contributed by atoms with Crippen molar-refractivity contribution < 1.29 is 8.63 Å². The van der Waals surface area contributed by atoms with Crippen molar-refractivity contribution in [1.82, 2.24) is 4.98 Å². The maximum atomic E-state index is 12.4. The van der Waals surface area contributed by atoms with E-state index < -0.39 is 10.8 Å². The second-order valence-corrected chi connectivity index (χ2v) is 6.54. The Labute approximate surface area is 133 Å². The summed E-state index contributed by atoms with van der Waals surface area (Å²) in [6, 6.07) is 10.2. The lowest BCUT2D eigenvalue weighted by Gasteiger charge is -2.04. The molecule has 0 amide bonds. The summed E-state index contributed by atoms with van der Waals surface area (Å²) in [7, 11) is -1.45. The molecular weight excluding hydrogens is 331 g/mol. The van der Waals surface area contributed by atoms with E-state index in [1.165, 1.54) is 0 Å². The van der Waals surface area contributed by atoms with E-state index in [-0.39, 0.29) is 5.75 Å². The number of oxazole rings is 1. The molecule has 0 aliphatic heterocycles. The highest BCUT2D eigenvalue weighted by Crippen LogP contribution is 2.30. The Morgan fingerprint density at radius 3 is 2.48 bits per heavy atom. The monoisotopic (exact) mass is 340 g/mol. The van der Waals surface area contributed by atoms with Crippen LogP contribution < -0.4 is 5.73 Å². The van der Waals surface area contributed by atoms with Crippen LogP contribution in [-0.4, -0.2) is 9.19 Å². The molecule has 1 aromatic heterocycles. The number of benzene rings is 2. The molecule has 3 rings (SSSR count). The summed E-state index contributed by atoms with van der Waals surface area (Å²) >= 11 is 12.1. The van der Waals surface area contributed by atoms with Gasteiger partial charge in [0.05, 0.1) is 31.4 Å². The number of para-hydroxylation sites is 1. The minimum Gasteiger partial charge on any atom is -0.440 e. The highest BCUT2D eigenvalue weighted by atomic mass is 35.5. The standard InChI is InChI=1S/C14H10Cl2N2O2S/c15-8-3-1-4-9(16)14(8)21(19)7-12-18-13-10(17)5-2-6-11(13)20-12/h1-6H,7,17H2. The van der Waals surface area contributed by atoms with Crippen molar-refractivity contribution in [2.24, 2.45) is 0 Å². The largest absolute Gasteiger partial charge is 0.440 e. The molecule has 0 saturated carbocycles. The Balaban J connectivity index is 1.95. The predicted octanol–water partition coefficient (Wildman–Crippen LogP) is 4.02. The van der Waals surface area contributed by atoms with Crippen LogP contribution in [0.1, 0.15) is 5.89 Å². The van der Waals surface area contributed by atoms with Crippen molar-refractivity contribution in [1.29, 1.82) is 0 Å². The van der Waals surface area contributed by atoms with E-state index in [1.54, 1.807) is 36.4 Å². The zero-order chi connectivity index (χ0) is 15.0. The van der Waals surface area contributed by atoms with Crippen molar-refractivity contribution in [3.8, 4) is 0 Å². The summed E-state index contributed by atoms with van der Waals surface area (Å²) in [5.74, 6) is 0.412. The number of halogens is 2. The zero-order valence-corrected chi connectivity index (χ0v) is 13.0. The van der Waals surface area contributed by atoms with Crippen LogP contribution in [0, 0.1) is 0 Å². The second-order valence-electron chi connectivity index (χ2n) is 4.34. The molecule has 21 heavy (non-hydrogen) atoms. The summed E-state index contributed by atoms with van der Waals surface area (Å²) in [6.07, 6.45) is 0. The lowest BCUT2D eigenvalue weighted by molar-refractivity contribution is 0.552. The lowest BCUT2D eigenvalue weighted by atomic mass is 10.3. The quantitative estimate of drug-likeness (QED) is 0.731. The summed E-state index contributed by atoms with van der Waals surface area (Å²) in [5, 5.41) is 0.716. The summed E-state index contributed by atoms with van der Waals surface area (Å²) in [5.41, 5.74) is 7.46. The molecule has 4 nitrogen and oxygen atoms in total. The van der Waals surface area contributed by atoms with Crippen LogP contribution in [0.2, 0.25) is 10.0 Å². The predicted molar refractivity (Wildman–Crippen MR) is 85.0 cm³/mol. The number of nitrogens with two attached hydrogens (primary N) is 1. The zero-order valence-electron chi connectivity index (χ0n) is 10.7. The molecule has 0 aliphatic rings. The van der Waals surface area contributed by atoms with Gasteiger partial charge in [-0.15, -0.1) is 0 Å². The van der Waals surface area contributed by atoms with Crippen LogP contribution in [0.15, 0.2) is 45.7 Å². The molecule has 0 radical (unpaired) electrons. The molecule has 0 spiro atoms. The summed E-state index contributed by atoms with van der Waals surface area (Å²) in [4.78, 5) is 4.65. The maximum absolute atomic E-state index is 12.4. The number of hydrogen-bond donors (Lipinski definition) is 1. The first kappa shape index (κ1) is 14.4. The van der Waals surface area contributed by atoms with Crippen molar-refractivity contribution in [2.45, 2.75) is 10.6 Å². The third-order valence-electron chi connectivity index (χ3n) is 2.90. The molecule has 108 valence electrons. The molecule has 0 saturated heterocycles. The molecule has 0 aliphatic carbocycles. The third-order valence-corrected chi connectivity index (χ3v) is 5.15. The Morgan fingerprint density at radius 1 is 1.14 bits per heavy atom. The van der Waals surface area contributed by atoms with Crippen molar-refractivity contribution in [3.05, 3.63) is 52.3 Å². The number of hydrogen-bond acceptors (Lipinski definition) is 4. The van der Waals surface area contributed by atoms with Crippen molar-refractivity contribution in [2.75, 3.05) is 5.73 Å². The highest BCUT2D eigenvalue weighted by molar-refractivity contribution is 7.84. The van der Waals surface area contributed by atoms with Crippen LogP contribution in [-0.2, 0) is 16.6 Å². The Hall–Kier alpha value is -1.56. The number of rotatable bonds is 3. The smallest absolute Gasteiger partial charge is 0.208 e. The molecule has 1 atom stereocenters. The molecule has 3 aromatic rings. The van der Waals surface area contributed by atoms with Gasteiger partial charge in [0.15, 0.2) is 5.58 Å². The first-order valence-corrected chi connectivity index (χ1v) is 8.10. The van der Waals surface area contributed by atoms with E-state index in [0.29, 0.717) is 37.6 Å². The maximum Gasteiger partial charge on any atom is 0.208 e. The fourth-order valence-corrected chi connectivity index (χ4v) is 3.94. The molecule has 2 N–H and O–H groups in total. The first-order valence-electron chi connectivity index (χ1n) is 6.02. The third kappa shape index (κ3) is 2.77. The van der Waals surface area contributed by atoms with Crippen LogP contribution in [0.5, 0.6) is 0 Å². The van der Waals surface area contributed by atoms with Gasteiger partial charge in [0.2, 0.25) is 5.89 Å². The van der Waals surface area contributed by atoms with Gasteiger partial charge in [-0.2, -0.15) is 0 Å². The topological polar surface area (TPSA) is 69.1 Å². The van der Waals surface area contributed by atoms with Crippen LogP contribution in [0.3, 0.4) is 0 Å². The van der Waals surface area contributed by atoms with Gasteiger partial charge in [0, 0.05) is 0 Å². The minimum atomic E-state index is -1.45. The van der Waals surface area contributed by atoms with E-state index in [0.717, 1.165) is 0 Å².